The summed E-state index contributed by atoms with van der Waals surface area (Å²) in [4.78, 5) is 74.0. The van der Waals surface area contributed by atoms with Gasteiger partial charge in [0.2, 0.25) is 11.8 Å². The van der Waals surface area contributed by atoms with Crippen LogP contribution in [0.25, 0.3) is 16.6 Å². The van der Waals surface area contributed by atoms with E-state index in [1.54, 1.807) is 81.3 Å². The molecule has 17 nitrogen and oxygen atoms in total. The molecule has 1 aliphatic carbocycles. The number of rotatable bonds is 11. The molecule has 2 fully saturated rings. The second-order valence-electron chi connectivity index (χ2n) is 15.9. The highest BCUT2D eigenvalue weighted by Gasteiger charge is 2.33. The highest BCUT2D eigenvalue weighted by molar-refractivity contribution is 6.40. The maximum Gasteiger partial charge on any atom is 0.355 e. The van der Waals surface area contributed by atoms with Gasteiger partial charge in [0.25, 0.3) is 0 Å². The molecule has 3 heterocycles. The van der Waals surface area contributed by atoms with E-state index in [0.717, 1.165) is 37.9 Å². The average molecular weight is 839 g/mol. The Labute approximate surface area is 351 Å². The van der Waals surface area contributed by atoms with Gasteiger partial charge in [-0.05, 0) is 117 Å². The van der Waals surface area contributed by atoms with Gasteiger partial charge in [0.15, 0.2) is 0 Å². The molecule has 18 heteroatoms. The number of benzene rings is 3. The Morgan fingerprint density at radius 1 is 0.933 bits per heavy atom. The molecule has 4 amide bonds. The van der Waals surface area contributed by atoms with Crippen molar-refractivity contribution in [3.8, 4) is 5.69 Å². The van der Waals surface area contributed by atoms with Crippen LogP contribution in [0, 0.1) is 0 Å². The highest BCUT2D eigenvalue weighted by Crippen LogP contribution is 2.28. The maximum absolute atomic E-state index is 14.0. The first-order chi connectivity index (χ1) is 28.7. The molecule has 4 N–H and O–H groups in total. The van der Waals surface area contributed by atoms with Gasteiger partial charge >= 0.3 is 17.8 Å². The monoisotopic (exact) mass is 838 g/mol. The van der Waals surface area contributed by atoms with Crippen molar-refractivity contribution in [2.24, 2.45) is 0 Å². The quantitative estimate of drug-likeness (QED) is 0.106. The van der Waals surface area contributed by atoms with E-state index >= 15 is 0 Å². The number of methoxy groups -OCH3 is 1. The summed E-state index contributed by atoms with van der Waals surface area (Å²) in [5.41, 5.74) is 2.49. The number of nitrogens with zero attached hydrogens (tertiary/aromatic N) is 6. The zero-order valence-electron chi connectivity index (χ0n) is 33.7. The number of amides is 4. The molecule has 0 spiro atoms. The first kappa shape index (κ1) is 42.0. The molecular formula is C42H47ClN10O7. The van der Waals surface area contributed by atoms with Gasteiger partial charge in [-0.15, -0.1) is 5.10 Å². The zero-order valence-corrected chi connectivity index (χ0v) is 34.5. The Kier molecular flexibility index (Phi) is 12.6. The van der Waals surface area contributed by atoms with E-state index in [2.05, 4.69) is 41.4 Å². The molecule has 1 saturated heterocycles. The van der Waals surface area contributed by atoms with Gasteiger partial charge in [-0.2, -0.15) is 4.68 Å². The Balaban J connectivity index is 1.06. The Morgan fingerprint density at radius 2 is 1.70 bits per heavy atom. The summed E-state index contributed by atoms with van der Waals surface area (Å²) in [7, 11) is 1.75. The summed E-state index contributed by atoms with van der Waals surface area (Å²) in [5.74, 6) is -3.26. The molecule has 5 aromatic rings. The zero-order chi connectivity index (χ0) is 42.6. The number of ether oxygens (including phenoxy) is 2. The smallest absolute Gasteiger partial charge is 0.355 e. The minimum atomic E-state index is -1.23. The Bertz CT molecular complexity index is 2370. The van der Waals surface area contributed by atoms with Crippen LogP contribution in [-0.4, -0.2) is 110 Å². The number of nitrogens with one attached hydrogen (secondary N) is 4. The van der Waals surface area contributed by atoms with Gasteiger partial charge in [-0.1, -0.05) is 23.7 Å². The lowest BCUT2D eigenvalue weighted by Crippen LogP contribution is -2.54. The van der Waals surface area contributed by atoms with Crippen LogP contribution < -0.4 is 20.9 Å². The molecular weight excluding hydrogens is 792 g/mol. The highest BCUT2D eigenvalue weighted by atomic mass is 35.5. The van der Waals surface area contributed by atoms with Crippen LogP contribution in [0.3, 0.4) is 0 Å². The molecule has 0 unspecified atom stereocenters. The summed E-state index contributed by atoms with van der Waals surface area (Å²) in [6.07, 6.45) is 5.60. The summed E-state index contributed by atoms with van der Waals surface area (Å²) in [6, 6.07) is 17.6. The summed E-state index contributed by atoms with van der Waals surface area (Å²) >= 11 is 6.21. The number of esters is 1. The fourth-order valence-corrected chi connectivity index (χ4v) is 7.72. The molecule has 3 aromatic carbocycles. The fraction of sp³-hybridized carbons (Fsp3) is 0.381. The SMILES string of the molecule is COC1CCC(N2CCN(c3ccc(C[C@H](NC(=O)C(=O)Nc4cc(Cl)ccc4-n4cnnn4)C(=O)Nc4ccc5[nH]c(C(=O)OC(C)(C)C)cc5c4)cc3)C(=O)C2)CC1. The molecule has 2 aliphatic rings. The third-order valence-corrected chi connectivity index (χ3v) is 10.8. The Morgan fingerprint density at radius 3 is 2.38 bits per heavy atom. The summed E-state index contributed by atoms with van der Waals surface area (Å²) in [6.45, 7) is 6.97. The van der Waals surface area contributed by atoms with E-state index in [1.807, 2.05) is 12.1 Å². The number of tetrazole rings is 1. The van der Waals surface area contributed by atoms with Crippen LogP contribution in [0.1, 0.15) is 62.5 Å². The first-order valence-electron chi connectivity index (χ1n) is 19.7. The summed E-state index contributed by atoms with van der Waals surface area (Å²) in [5, 5.41) is 20.0. The Hall–Kier alpha value is -6.17. The van der Waals surface area contributed by atoms with Crippen LogP contribution >= 0.6 is 11.6 Å². The molecule has 7 rings (SSSR count). The summed E-state index contributed by atoms with van der Waals surface area (Å²) < 4.78 is 12.3. The lowest BCUT2D eigenvalue weighted by Gasteiger charge is -2.41. The van der Waals surface area contributed by atoms with Crippen LogP contribution in [-0.2, 0) is 35.1 Å². The van der Waals surface area contributed by atoms with Crippen molar-refractivity contribution in [3.05, 3.63) is 89.3 Å². The predicted molar refractivity (Wildman–Crippen MR) is 224 cm³/mol. The van der Waals surface area contributed by atoms with Gasteiger partial charge in [0.1, 0.15) is 23.7 Å². The molecule has 0 radical (unpaired) electrons. The molecule has 314 valence electrons. The van der Waals surface area contributed by atoms with Gasteiger partial charge in [0, 0.05) is 60.0 Å². The van der Waals surface area contributed by atoms with E-state index in [0.29, 0.717) is 47.0 Å². The van der Waals surface area contributed by atoms with E-state index < -0.39 is 35.3 Å². The molecule has 1 aliphatic heterocycles. The number of piperazine rings is 1. The van der Waals surface area contributed by atoms with Gasteiger partial charge in [0.05, 0.1) is 24.0 Å². The number of hydrogen-bond acceptors (Lipinski definition) is 11. The van der Waals surface area contributed by atoms with Gasteiger partial charge in [-0.25, -0.2) is 4.79 Å². The minimum Gasteiger partial charge on any atom is -0.455 e. The maximum atomic E-state index is 14.0. The third kappa shape index (κ3) is 10.2. The molecule has 2 aromatic heterocycles. The number of carbonyl (C=O) groups is 5. The van der Waals surface area contributed by atoms with Crippen LogP contribution in [0.15, 0.2) is 73.1 Å². The van der Waals surface area contributed by atoms with E-state index in [4.69, 9.17) is 21.1 Å². The number of halogens is 1. The number of aromatic nitrogens is 5. The topological polar surface area (TPSA) is 206 Å². The van der Waals surface area contributed by atoms with E-state index in [1.165, 1.54) is 17.1 Å². The van der Waals surface area contributed by atoms with Crippen LogP contribution in [0.5, 0.6) is 0 Å². The number of aromatic amines is 1. The third-order valence-electron chi connectivity index (χ3n) is 10.6. The minimum absolute atomic E-state index is 0.000756. The van der Waals surface area contributed by atoms with Crippen molar-refractivity contribution in [1.82, 2.24) is 35.4 Å². The predicted octanol–water partition coefficient (Wildman–Crippen LogP) is 4.66. The number of carbonyl (C=O) groups excluding carboxylic acids is 5. The number of hydrogen-bond donors (Lipinski definition) is 4. The van der Waals surface area contributed by atoms with Gasteiger partial charge in [-0.3, -0.25) is 24.1 Å². The lowest BCUT2D eigenvalue weighted by molar-refractivity contribution is -0.137. The largest absolute Gasteiger partial charge is 0.455 e. The molecule has 1 saturated carbocycles. The number of H-pyrrole nitrogens is 1. The van der Waals surface area contributed by atoms with Crippen LogP contribution in [0.4, 0.5) is 17.1 Å². The molecule has 1 atom stereocenters. The second-order valence-corrected chi connectivity index (χ2v) is 16.4. The van der Waals surface area contributed by atoms with E-state index in [-0.39, 0.29) is 34.8 Å². The standard InChI is InChI=1S/C42H47ClN10O7/c1-42(2,3)60-41(58)35-21-26-20-28(8-15-32(26)46-35)45-38(55)34(48-40(57)39(56)47-33-22-27(43)7-16-36(33)53-24-44-49-50-53)19-25-5-9-30(10-6-25)52-18-17-51(23-37(52)54)29-11-13-31(59-4)14-12-29/h5-10,15-16,20-22,24,29,31,34,46H,11-14,17-19,23H2,1-4H3,(H,45,55)(H,47,56)(H,48,57)/t29?,31?,34-/m0/s1. The van der Waals surface area contributed by atoms with Crippen molar-refractivity contribution < 1.29 is 33.4 Å². The number of fused-ring (bicyclic) bond motifs is 1. The lowest BCUT2D eigenvalue weighted by atomic mass is 9.91. The van der Waals surface area contributed by atoms with E-state index in [9.17, 15) is 24.0 Å². The van der Waals surface area contributed by atoms with Crippen molar-refractivity contribution in [2.45, 2.75) is 76.7 Å². The van der Waals surface area contributed by atoms with Crippen molar-refractivity contribution in [3.63, 3.8) is 0 Å². The average Bonchev–Trinajstić information content (AvgIpc) is 3.91. The van der Waals surface area contributed by atoms with Gasteiger partial charge < -0.3 is 35.3 Å². The van der Waals surface area contributed by atoms with Crippen LogP contribution in [0.2, 0.25) is 5.02 Å². The molecule has 60 heavy (non-hydrogen) atoms. The van der Waals surface area contributed by atoms with Crippen molar-refractivity contribution in [2.75, 3.05) is 42.3 Å². The normalized spacial score (nSPS) is 17.9. The van der Waals surface area contributed by atoms with Crippen molar-refractivity contribution >= 4 is 69.2 Å². The number of anilines is 3. The molecule has 0 bridgehead atoms. The van der Waals surface area contributed by atoms with Crippen molar-refractivity contribution in [1.29, 1.82) is 0 Å². The first-order valence-corrected chi connectivity index (χ1v) is 20.1. The second kappa shape index (κ2) is 18.0. The fourth-order valence-electron chi connectivity index (χ4n) is 7.54.